The zero-order valence-electron chi connectivity index (χ0n) is 36.6. The predicted molar refractivity (Wildman–Crippen MR) is 273 cm³/mol. The Kier molecular flexibility index (Phi) is 8.28. The zero-order valence-corrected chi connectivity index (χ0v) is 36.6. The minimum Gasteiger partial charge on any atom is -0.456 e. The van der Waals surface area contributed by atoms with Gasteiger partial charge in [-0.3, -0.25) is 4.57 Å². The number of benzene rings is 9. The number of hydrogen-bond acceptors (Lipinski definition) is 4. The van der Waals surface area contributed by atoms with Crippen LogP contribution in [0, 0.1) is 0 Å². The molecule has 9 aromatic carbocycles. The van der Waals surface area contributed by atoms with Crippen LogP contribution >= 0.6 is 0 Å². The summed E-state index contributed by atoms with van der Waals surface area (Å²) in [5, 5.41) is 7.06. The van der Waals surface area contributed by atoms with Gasteiger partial charge in [0.1, 0.15) is 11.2 Å². The molecule has 13 aromatic rings. The van der Waals surface area contributed by atoms with Crippen molar-refractivity contribution in [3.8, 4) is 45.5 Å². The lowest BCUT2D eigenvalue weighted by atomic mass is 9.78. The van der Waals surface area contributed by atoms with Crippen molar-refractivity contribution in [3.05, 3.63) is 223 Å². The second-order valence-electron chi connectivity index (χ2n) is 17.9. The lowest BCUT2D eigenvalue weighted by molar-refractivity contribution is 0.582. The van der Waals surface area contributed by atoms with E-state index in [0.29, 0.717) is 17.6 Å². The van der Waals surface area contributed by atoms with E-state index in [1.165, 1.54) is 55.3 Å². The van der Waals surface area contributed by atoms with Gasteiger partial charge in [0.15, 0.2) is 11.6 Å². The highest BCUT2D eigenvalue weighted by atomic mass is 16.3. The molecule has 316 valence electrons. The van der Waals surface area contributed by atoms with Crippen LogP contribution in [0.5, 0.6) is 0 Å². The summed E-state index contributed by atoms with van der Waals surface area (Å²) in [4.78, 5) is 15.8. The predicted octanol–water partition coefficient (Wildman–Crippen LogP) is 15.4. The SMILES string of the molecule is CC1c2c(ccc3c2c2ccccc2n3-c2ccccc2)-c2ccccc2CC1c1ccc(-c2nc(-c3ccc4c(c3)oc3ccccc34)nc(-n3c4ccccc4c4ccccc43)n2)cc1. The molecule has 4 heterocycles. The first-order valence-corrected chi connectivity index (χ1v) is 23.1. The number of para-hydroxylation sites is 5. The Bertz CT molecular complexity index is 4050. The highest BCUT2D eigenvalue weighted by molar-refractivity contribution is 6.13. The normalized spacial score (nSPS) is 14.9. The average molecular weight is 860 g/mol. The van der Waals surface area contributed by atoms with E-state index in [2.05, 4.69) is 204 Å². The summed E-state index contributed by atoms with van der Waals surface area (Å²) in [7, 11) is 0. The van der Waals surface area contributed by atoms with Gasteiger partial charge >= 0.3 is 0 Å². The molecular formula is C61H41N5O. The molecule has 0 N–H and O–H groups in total. The molecule has 0 spiro atoms. The van der Waals surface area contributed by atoms with Crippen molar-refractivity contribution in [2.45, 2.75) is 25.2 Å². The lowest BCUT2D eigenvalue weighted by Gasteiger charge is -2.25. The summed E-state index contributed by atoms with van der Waals surface area (Å²) < 4.78 is 11.0. The monoisotopic (exact) mass is 859 g/mol. The van der Waals surface area contributed by atoms with Crippen molar-refractivity contribution >= 4 is 65.6 Å². The first kappa shape index (κ1) is 37.7. The van der Waals surface area contributed by atoms with Crippen LogP contribution < -0.4 is 0 Å². The number of nitrogens with zero attached hydrogens (tertiary/aromatic N) is 5. The summed E-state index contributed by atoms with van der Waals surface area (Å²) >= 11 is 0. The van der Waals surface area contributed by atoms with Gasteiger partial charge in [-0.05, 0) is 101 Å². The lowest BCUT2D eigenvalue weighted by Crippen LogP contribution is -2.11. The van der Waals surface area contributed by atoms with Crippen LogP contribution in [0.1, 0.15) is 35.4 Å². The van der Waals surface area contributed by atoms with Gasteiger partial charge in [-0.25, -0.2) is 4.98 Å². The summed E-state index contributed by atoms with van der Waals surface area (Å²) in [6.07, 6.45) is 0.919. The van der Waals surface area contributed by atoms with Gasteiger partial charge in [-0.15, -0.1) is 0 Å². The smallest absolute Gasteiger partial charge is 0.238 e. The Morgan fingerprint density at radius 1 is 0.448 bits per heavy atom. The fraction of sp³-hybridized carbons (Fsp3) is 0.0656. The molecule has 0 aliphatic heterocycles. The first-order chi connectivity index (χ1) is 33.1. The number of aromatic nitrogens is 5. The molecular weight excluding hydrogens is 819 g/mol. The molecule has 1 aliphatic carbocycles. The van der Waals surface area contributed by atoms with E-state index in [1.54, 1.807) is 0 Å². The van der Waals surface area contributed by atoms with E-state index in [9.17, 15) is 0 Å². The maximum Gasteiger partial charge on any atom is 0.238 e. The molecule has 2 unspecified atom stereocenters. The molecule has 0 bridgehead atoms. The van der Waals surface area contributed by atoms with Gasteiger partial charge in [0.25, 0.3) is 0 Å². The third-order valence-electron chi connectivity index (χ3n) is 14.3. The van der Waals surface area contributed by atoms with Crippen LogP contribution in [0.25, 0.3) is 111 Å². The fourth-order valence-corrected chi connectivity index (χ4v) is 11.2. The number of fused-ring (bicyclic) bond motifs is 13. The van der Waals surface area contributed by atoms with Crippen molar-refractivity contribution in [2.75, 3.05) is 0 Å². The largest absolute Gasteiger partial charge is 0.456 e. The Morgan fingerprint density at radius 3 is 1.81 bits per heavy atom. The van der Waals surface area contributed by atoms with Crippen molar-refractivity contribution in [3.63, 3.8) is 0 Å². The van der Waals surface area contributed by atoms with Gasteiger partial charge in [0.05, 0.1) is 22.1 Å². The van der Waals surface area contributed by atoms with Crippen molar-refractivity contribution < 1.29 is 4.42 Å². The van der Waals surface area contributed by atoms with Crippen LogP contribution in [0.3, 0.4) is 0 Å². The average Bonchev–Trinajstić information content (AvgIpc) is 4.03. The topological polar surface area (TPSA) is 61.7 Å². The fourth-order valence-electron chi connectivity index (χ4n) is 11.2. The van der Waals surface area contributed by atoms with E-state index in [4.69, 9.17) is 19.4 Å². The maximum atomic E-state index is 6.37. The van der Waals surface area contributed by atoms with Crippen LogP contribution in [-0.4, -0.2) is 24.1 Å². The number of rotatable bonds is 5. The minimum absolute atomic E-state index is 0.200. The molecule has 6 heteroatoms. The second-order valence-corrected chi connectivity index (χ2v) is 17.9. The highest BCUT2D eigenvalue weighted by Gasteiger charge is 2.32. The summed E-state index contributed by atoms with van der Waals surface area (Å²) in [6, 6.07) is 73.8. The minimum atomic E-state index is 0.200. The molecule has 2 atom stereocenters. The molecule has 0 fully saturated rings. The third-order valence-corrected chi connectivity index (χ3v) is 14.3. The molecule has 67 heavy (non-hydrogen) atoms. The molecule has 0 saturated carbocycles. The van der Waals surface area contributed by atoms with Crippen LogP contribution in [0.2, 0.25) is 0 Å². The van der Waals surface area contributed by atoms with Gasteiger partial charge < -0.3 is 8.98 Å². The van der Waals surface area contributed by atoms with Gasteiger partial charge in [0.2, 0.25) is 5.95 Å². The Labute approximate surface area is 386 Å². The summed E-state index contributed by atoms with van der Waals surface area (Å²) in [5.74, 6) is 2.16. The second kappa shape index (κ2) is 14.7. The quantitative estimate of drug-likeness (QED) is 0.173. The molecule has 4 aromatic heterocycles. The molecule has 0 radical (unpaired) electrons. The summed E-state index contributed by atoms with van der Waals surface area (Å²) in [5.41, 5.74) is 15.8. The summed E-state index contributed by atoms with van der Waals surface area (Å²) in [6.45, 7) is 2.44. The van der Waals surface area contributed by atoms with Gasteiger partial charge in [0, 0.05) is 49.1 Å². The van der Waals surface area contributed by atoms with Crippen molar-refractivity contribution in [1.29, 1.82) is 0 Å². The van der Waals surface area contributed by atoms with Crippen molar-refractivity contribution in [1.82, 2.24) is 24.1 Å². The molecule has 14 rings (SSSR count). The van der Waals surface area contributed by atoms with Gasteiger partial charge in [-0.2, -0.15) is 9.97 Å². The van der Waals surface area contributed by atoms with E-state index in [0.717, 1.165) is 61.3 Å². The van der Waals surface area contributed by atoms with Crippen LogP contribution in [0.15, 0.2) is 211 Å². The van der Waals surface area contributed by atoms with E-state index < -0.39 is 0 Å². The van der Waals surface area contributed by atoms with E-state index in [1.807, 2.05) is 18.2 Å². The third kappa shape index (κ3) is 5.79. The number of furan rings is 1. The molecule has 1 aliphatic rings. The Hall–Kier alpha value is -8.61. The van der Waals surface area contributed by atoms with E-state index in [-0.39, 0.29) is 11.8 Å². The number of hydrogen-bond donors (Lipinski definition) is 0. The first-order valence-electron chi connectivity index (χ1n) is 23.1. The molecule has 0 saturated heterocycles. The highest BCUT2D eigenvalue weighted by Crippen LogP contribution is 2.50. The van der Waals surface area contributed by atoms with Crippen LogP contribution in [-0.2, 0) is 6.42 Å². The Balaban J connectivity index is 0.929. The zero-order chi connectivity index (χ0) is 44.2. The Morgan fingerprint density at radius 2 is 1.04 bits per heavy atom. The van der Waals surface area contributed by atoms with E-state index >= 15 is 0 Å². The van der Waals surface area contributed by atoms with Gasteiger partial charge in [-0.1, -0.05) is 159 Å². The maximum absolute atomic E-state index is 6.37. The molecule has 0 amide bonds. The van der Waals surface area contributed by atoms with Crippen LogP contribution in [0.4, 0.5) is 0 Å². The van der Waals surface area contributed by atoms with Crippen molar-refractivity contribution in [2.24, 2.45) is 0 Å². The molecule has 6 nitrogen and oxygen atoms in total. The standard InChI is InChI=1S/C61H41N5O/c1-37-50(35-40-15-5-6-18-43(40)48-33-34-54-58(57(37)48)49-22-9-13-25-53(49)65(54)42-16-3-2-4-17-42)38-27-29-39(30-28-38)59-62-60(41-31-32-47-46-21-10-14-26-55(46)67-56(47)36-41)64-61(63-59)66-51-23-11-7-19-44(51)45-20-8-12-24-52(45)66/h2-34,36-37,50H,35H2,1H3.